The molecule has 2 amide bonds. The van der Waals surface area contributed by atoms with Gasteiger partial charge in [0.1, 0.15) is 0 Å². The summed E-state index contributed by atoms with van der Waals surface area (Å²) in [5.74, 6) is -9.38. The van der Waals surface area contributed by atoms with Gasteiger partial charge in [-0.2, -0.15) is 0 Å². The highest BCUT2D eigenvalue weighted by Crippen LogP contribution is 2.15. The third kappa shape index (κ3) is 44.5. The second-order valence-electron chi connectivity index (χ2n) is 19.4. The predicted molar refractivity (Wildman–Crippen MR) is 300 cm³/mol. The smallest absolute Gasteiger partial charge is 0.549 e. The zero-order chi connectivity index (χ0) is 66.4. The summed E-state index contributed by atoms with van der Waals surface area (Å²) in [4.78, 5) is 125. The van der Waals surface area contributed by atoms with Crippen LogP contribution in [0.3, 0.4) is 0 Å². The fraction of sp³-hybridized carbons (Fsp3) is 0.792. The first kappa shape index (κ1) is 83.5. The SMILES string of the molecule is CO[Si](CCCNC(=O)CCC(=O)O)(OC)OC.CO[Si](CCCNC(=O)CN1CCN(CC(=O)[O-])CCN(CC(=O)[O-])CCN(CC(=O)[O-])CC1)(OC)OC.O=C(O)CN1CCN(CC(=O)O)CCN(CC(=O)O)CCN(CC(=O)O)CC1.O=[Si]=O. The Bertz CT molecular complexity index is 1940. The number of amides is 2. The van der Waals surface area contributed by atoms with E-state index < -0.39 is 74.7 Å². The van der Waals surface area contributed by atoms with Crippen molar-refractivity contribution in [3.8, 4) is 0 Å². The fourth-order valence-corrected chi connectivity index (χ4v) is 11.9. The zero-order valence-electron chi connectivity index (χ0n) is 50.5. The highest BCUT2D eigenvalue weighted by Gasteiger charge is 2.38. The van der Waals surface area contributed by atoms with Crippen molar-refractivity contribution in [1.29, 1.82) is 0 Å². The van der Waals surface area contributed by atoms with E-state index in [0.717, 1.165) is 0 Å². The Hall–Kier alpha value is -5.61. The number of carboxylic acids is 8. The molecule has 0 aromatic carbocycles. The third-order valence-corrected chi connectivity index (χ3v) is 18.8. The largest absolute Gasteiger partial charge is 0.549 e. The van der Waals surface area contributed by atoms with Crippen LogP contribution < -0.4 is 26.0 Å². The Morgan fingerprint density at radius 2 is 0.563 bits per heavy atom. The van der Waals surface area contributed by atoms with Crippen molar-refractivity contribution in [2.24, 2.45) is 0 Å². The first-order valence-corrected chi connectivity index (χ1v) is 32.1. The Labute approximate surface area is 509 Å². The lowest BCUT2D eigenvalue weighted by Crippen LogP contribution is -2.52. The van der Waals surface area contributed by atoms with Crippen LogP contribution in [0.25, 0.3) is 0 Å². The predicted octanol–water partition coefficient (Wildman–Crippen LogP) is -8.99. The molecule has 2 aliphatic rings. The van der Waals surface area contributed by atoms with Gasteiger partial charge in [-0.3, -0.25) is 81.7 Å². The van der Waals surface area contributed by atoms with E-state index in [1.165, 1.54) is 42.7 Å². The Kier molecular flexibility index (Phi) is 47.3. The highest BCUT2D eigenvalue weighted by molar-refractivity contribution is 6.60. The summed E-state index contributed by atoms with van der Waals surface area (Å²) < 4.78 is 48.6. The van der Waals surface area contributed by atoms with Crippen molar-refractivity contribution < 1.29 is 124 Å². The topological polar surface area (TPSA) is 481 Å². The van der Waals surface area contributed by atoms with Gasteiger partial charge in [-0.1, -0.05) is 0 Å². The molecule has 0 spiro atoms. The monoisotopic (exact) mass is 1310 g/mol. The molecule has 2 rings (SSSR count). The molecule has 2 aliphatic heterocycles. The molecule has 87 heavy (non-hydrogen) atoms. The summed E-state index contributed by atoms with van der Waals surface area (Å²) >= 11 is 0. The van der Waals surface area contributed by atoms with E-state index in [4.69, 9.17) is 61.0 Å². The number of nitrogens with one attached hydrogen (secondary N) is 2. The minimum absolute atomic E-state index is 0.00324. The van der Waals surface area contributed by atoms with E-state index >= 15 is 0 Å². The number of nitrogens with zero attached hydrogens (tertiary/aromatic N) is 8. The van der Waals surface area contributed by atoms with Gasteiger partial charge >= 0.3 is 56.7 Å². The van der Waals surface area contributed by atoms with Crippen LogP contribution in [0.1, 0.15) is 25.7 Å². The average molecular weight is 1310 g/mol. The van der Waals surface area contributed by atoms with Gasteiger partial charge in [0.15, 0.2) is 0 Å². The molecular weight excluding hydrogens is 1220 g/mol. The second kappa shape index (κ2) is 49.3. The van der Waals surface area contributed by atoms with Crippen LogP contribution in [0.2, 0.25) is 12.1 Å². The van der Waals surface area contributed by atoms with E-state index in [-0.39, 0.29) is 116 Å². The molecule has 36 nitrogen and oxygen atoms in total. The van der Waals surface area contributed by atoms with Crippen LogP contribution in [-0.2, 0) is 83.4 Å². The van der Waals surface area contributed by atoms with Crippen molar-refractivity contribution in [3.63, 3.8) is 0 Å². The molecular formula is C48H89N10O26Si3-3. The Balaban J connectivity index is 0. The van der Waals surface area contributed by atoms with Crippen molar-refractivity contribution >= 4 is 86.5 Å². The first-order valence-electron chi connectivity index (χ1n) is 27.4. The fourth-order valence-electron chi connectivity index (χ4n) is 8.48. The minimum atomic E-state index is -2.74. The number of carbonyl (C=O) groups is 10. The van der Waals surface area contributed by atoms with Gasteiger partial charge in [0, 0.05) is 199 Å². The summed E-state index contributed by atoms with van der Waals surface area (Å²) in [5, 5.41) is 83.8. The van der Waals surface area contributed by atoms with E-state index in [2.05, 4.69) is 10.6 Å². The standard InChI is InChI=1S/C22H43N5O10Si.C16H28N4O8.C10H21NO6Si.O2Si/c1-35-38(36-2,37-3)14-4-5-23-19(28)15-24-6-8-25(16-20(29)30)10-12-27(18-22(33)34)13-11-26(9-7-24)17-21(31)32;21-13(22)9-17-1-2-18(10-14(23)24)5-6-20(12-16(27)28)8-7-19(4-3-17)11-15(25)26;1-15-18(16-2,17-3)8-4-7-11-9(12)5-6-10(13)14;1-3-2/h4-18H2,1-3H3,(H,23,28)(H,29,30)(H,31,32)(H,33,34);1-12H2,(H,21,22)(H,23,24)(H,25,26)(H,27,28);4-8H2,1-3H3,(H,11,12)(H,13,14);/p-3. The molecule has 2 saturated heterocycles. The lowest BCUT2D eigenvalue weighted by molar-refractivity contribution is -0.308. The summed E-state index contributed by atoms with van der Waals surface area (Å²) in [6.45, 7) is 3.47. The molecule has 0 radical (unpaired) electrons. The van der Waals surface area contributed by atoms with E-state index in [1.807, 2.05) is 4.90 Å². The summed E-state index contributed by atoms with van der Waals surface area (Å²) in [6.07, 6.45) is 1.07. The lowest BCUT2D eigenvalue weighted by atomic mass is 10.3. The van der Waals surface area contributed by atoms with Crippen LogP contribution >= 0.6 is 0 Å². The lowest BCUT2D eigenvalue weighted by Gasteiger charge is -2.34. The van der Waals surface area contributed by atoms with Crippen molar-refractivity contribution in [2.45, 2.75) is 37.8 Å². The number of carboxylic acid groups (broad SMARTS) is 8. The van der Waals surface area contributed by atoms with Gasteiger partial charge < -0.3 is 92.4 Å². The van der Waals surface area contributed by atoms with Crippen LogP contribution in [0, 0.1) is 0 Å². The quantitative estimate of drug-likeness (QED) is 0.0237. The van der Waals surface area contributed by atoms with E-state index in [0.29, 0.717) is 103 Å². The van der Waals surface area contributed by atoms with Gasteiger partial charge in [-0.25, -0.2) is 0 Å². The molecule has 0 aromatic heterocycles. The van der Waals surface area contributed by atoms with Gasteiger partial charge in [-0.05, 0) is 12.8 Å². The molecule has 0 unspecified atom stereocenters. The Morgan fingerprint density at radius 3 is 0.759 bits per heavy atom. The van der Waals surface area contributed by atoms with Crippen molar-refractivity contribution in [2.75, 3.05) is 213 Å². The summed E-state index contributed by atoms with van der Waals surface area (Å²) in [7, 11) is 2.42. The zero-order valence-corrected chi connectivity index (χ0v) is 53.5. The molecule has 39 heteroatoms. The maximum absolute atomic E-state index is 12.6. The number of carbonyl (C=O) groups excluding carboxylic acids is 5. The number of hydrogen-bond acceptors (Lipinski definition) is 29. The van der Waals surface area contributed by atoms with Gasteiger partial charge in [-0.15, -0.1) is 0 Å². The van der Waals surface area contributed by atoms with Crippen LogP contribution in [0.15, 0.2) is 0 Å². The molecule has 7 N–H and O–H groups in total. The summed E-state index contributed by atoms with van der Waals surface area (Å²) in [6, 6.07) is 1.11. The first-order chi connectivity index (χ1) is 41.1. The van der Waals surface area contributed by atoms with Crippen molar-refractivity contribution in [3.05, 3.63) is 0 Å². The van der Waals surface area contributed by atoms with Gasteiger partial charge in [0.25, 0.3) is 0 Å². The Morgan fingerprint density at radius 1 is 0.356 bits per heavy atom. The third-order valence-electron chi connectivity index (χ3n) is 13.1. The molecule has 502 valence electrons. The molecule has 0 bridgehead atoms. The van der Waals surface area contributed by atoms with E-state index in [1.54, 1.807) is 34.3 Å². The molecule has 2 heterocycles. The van der Waals surface area contributed by atoms with Crippen LogP contribution in [0.4, 0.5) is 0 Å². The second-order valence-corrected chi connectivity index (χ2v) is 25.7. The normalized spacial score (nSPS) is 16.5. The van der Waals surface area contributed by atoms with Crippen molar-refractivity contribution in [1.82, 2.24) is 49.8 Å². The maximum atomic E-state index is 12.6. The number of rotatable bonds is 33. The molecule has 2 fully saturated rings. The number of hydrogen-bond donors (Lipinski definition) is 7. The summed E-state index contributed by atoms with van der Waals surface area (Å²) in [5.41, 5.74) is 0. The molecule has 0 atom stereocenters. The molecule has 0 saturated carbocycles. The highest BCUT2D eigenvalue weighted by atomic mass is 28.4. The van der Waals surface area contributed by atoms with E-state index in [9.17, 15) is 63.3 Å². The van der Waals surface area contributed by atoms with Crippen LogP contribution in [-0.4, -0.2) is 364 Å². The maximum Gasteiger partial charge on any atom is 0.549 e. The minimum Gasteiger partial charge on any atom is -0.549 e. The molecule has 0 aromatic rings. The average Bonchev–Trinajstić information content (AvgIpc) is 3.67. The van der Waals surface area contributed by atoms with Gasteiger partial charge in [0.05, 0.1) is 57.1 Å². The number of aliphatic carboxylic acids is 8. The van der Waals surface area contributed by atoms with Crippen LogP contribution in [0.5, 0.6) is 0 Å². The van der Waals surface area contributed by atoms with Gasteiger partial charge in [0.2, 0.25) is 11.8 Å². The molecule has 0 aliphatic carbocycles.